The second kappa shape index (κ2) is 9.55. The van der Waals surface area contributed by atoms with Crippen molar-refractivity contribution in [1.82, 2.24) is 0 Å². The van der Waals surface area contributed by atoms with Crippen molar-refractivity contribution in [2.75, 3.05) is 11.9 Å². The predicted molar refractivity (Wildman–Crippen MR) is 113 cm³/mol. The van der Waals surface area contributed by atoms with Crippen molar-refractivity contribution in [3.05, 3.63) is 84.4 Å². The van der Waals surface area contributed by atoms with Gasteiger partial charge in [-0.1, -0.05) is 42.5 Å². The minimum absolute atomic E-state index is 0.394. The molecule has 1 amide bonds. The van der Waals surface area contributed by atoms with Gasteiger partial charge in [-0.05, 0) is 61.4 Å². The van der Waals surface area contributed by atoms with Crippen LogP contribution in [0.25, 0.3) is 11.1 Å². The molecular weight excluding hydrogens is 366 g/mol. The van der Waals surface area contributed by atoms with Crippen LogP contribution in [0.1, 0.15) is 24.2 Å². The first-order valence-electron chi connectivity index (χ1n) is 9.47. The van der Waals surface area contributed by atoms with Gasteiger partial charge in [0.2, 0.25) is 0 Å². The Hall–Kier alpha value is -3.60. The van der Waals surface area contributed by atoms with Gasteiger partial charge in [0.1, 0.15) is 5.75 Å². The van der Waals surface area contributed by atoms with Gasteiger partial charge in [0.15, 0.2) is 6.10 Å². The lowest BCUT2D eigenvalue weighted by Crippen LogP contribution is -2.30. The fourth-order valence-electron chi connectivity index (χ4n) is 2.76. The monoisotopic (exact) mass is 389 g/mol. The number of rotatable bonds is 7. The van der Waals surface area contributed by atoms with E-state index < -0.39 is 18.0 Å². The number of carbonyl (C=O) groups excluding carboxylic acids is 2. The van der Waals surface area contributed by atoms with Gasteiger partial charge < -0.3 is 14.8 Å². The lowest BCUT2D eigenvalue weighted by molar-refractivity contribution is -0.123. The summed E-state index contributed by atoms with van der Waals surface area (Å²) in [4.78, 5) is 24.7. The number of hydrogen-bond donors (Lipinski definition) is 1. The highest BCUT2D eigenvalue weighted by molar-refractivity contribution is 5.97. The van der Waals surface area contributed by atoms with Crippen LogP contribution in [-0.2, 0) is 9.53 Å². The number of carbonyl (C=O) groups is 2. The van der Waals surface area contributed by atoms with E-state index in [0.29, 0.717) is 17.9 Å². The fourth-order valence-corrected chi connectivity index (χ4v) is 2.76. The van der Waals surface area contributed by atoms with Crippen LogP contribution in [0.4, 0.5) is 5.69 Å². The van der Waals surface area contributed by atoms with Crippen LogP contribution in [0.15, 0.2) is 78.9 Å². The third kappa shape index (κ3) is 5.45. The molecule has 3 aromatic carbocycles. The maximum atomic E-state index is 12.4. The van der Waals surface area contributed by atoms with Gasteiger partial charge >= 0.3 is 5.97 Å². The molecule has 1 atom stereocenters. The minimum Gasteiger partial charge on any atom is -0.494 e. The summed E-state index contributed by atoms with van der Waals surface area (Å²) in [6, 6.07) is 24.0. The van der Waals surface area contributed by atoms with E-state index >= 15 is 0 Å². The smallest absolute Gasteiger partial charge is 0.338 e. The molecule has 1 N–H and O–H groups in total. The van der Waals surface area contributed by atoms with Crippen molar-refractivity contribution in [3.63, 3.8) is 0 Å². The summed E-state index contributed by atoms with van der Waals surface area (Å²) < 4.78 is 10.7. The molecule has 3 rings (SSSR count). The number of amides is 1. The molecule has 0 heterocycles. The molecule has 29 heavy (non-hydrogen) atoms. The fraction of sp³-hybridized carbons (Fsp3) is 0.167. The SMILES string of the molecule is CCOc1ccc(NC(=O)C(C)OC(=O)c2ccc(-c3ccccc3)cc2)cc1. The standard InChI is InChI=1S/C24H23NO4/c1-3-28-22-15-13-21(14-16-22)25-23(26)17(2)29-24(27)20-11-9-19(10-12-20)18-7-5-4-6-8-18/h4-17H,3H2,1-2H3,(H,25,26). The highest BCUT2D eigenvalue weighted by Crippen LogP contribution is 2.20. The van der Waals surface area contributed by atoms with Gasteiger partial charge in [0.05, 0.1) is 12.2 Å². The molecule has 0 radical (unpaired) electrons. The molecule has 0 saturated heterocycles. The number of esters is 1. The lowest BCUT2D eigenvalue weighted by Gasteiger charge is -2.14. The summed E-state index contributed by atoms with van der Waals surface area (Å²) in [5.74, 6) is -0.216. The average molecular weight is 389 g/mol. The Bertz CT molecular complexity index is 950. The quantitative estimate of drug-likeness (QED) is 0.582. The summed E-state index contributed by atoms with van der Waals surface area (Å²) in [6.45, 7) is 4.02. The Morgan fingerprint density at radius 3 is 2.10 bits per heavy atom. The van der Waals surface area contributed by atoms with Crippen LogP contribution >= 0.6 is 0 Å². The van der Waals surface area contributed by atoms with Crippen LogP contribution < -0.4 is 10.1 Å². The molecule has 0 aliphatic rings. The van der Waals surface area contributed by atoms with Gasteiger partial charge in [-0.25, -0.2) is 4.79 Å². The van der Waals surface area contributed by atoms with E-state index in [1.807, 2.05) is 49.4 Å². The summed E-state index contributed by atoms with van der Waals surface area (Å²) in [5.41, 5.74) is 3.07. The lowest BCUT2D eigenvalue weighted by atomic mass is 10.0. The van der Waals surface area contributed by atoms with E-state index in [1.54, 1.807) is 43.3 Å². The van der Waals surface area contributed by atoms with Crippen LogP contribution in [-0.4, -0.2) is 24.6 Å². The number of ether oxygens (including phenoxy) is 2. The van der Waals surface area contributed by atoms with Gasteiger partial charge in [-0.3, -0.25) is 4.79 Å². The molecule has 0 spiro atoms. The first kappa shape index (κ1) is 20.1. The molecular formula is C24H23NO4. The van der Waals surface area contributed by atoms with E-state index in [4.69, 9.17) is 9.47 Å². The molecule has 0 fully saturated rings. The molecule has 148 valence electrons. The third-order valence-electron chi connectivity index (χ3n) is 4.31. The van der Waals surface area contributed by atoms with Crippen LogP contribution in [0.2, 0.25) is 0 Å². The molecule has 0 aliphatic carbocycles. The first-order valence-corrected chi connectivity index (χ1v) is 9.47. The molecule has 5 heteroatoms. The average Bonchev–Trinajstić information content (AvgIpc) is 2.76. The highest BCUT2D eigenvalue weighted by Gasteiger charge is 2.19. The van der Waals surface area contributed by atoms with Gasteiger partial charge in [-0.15, -0.1) is 0 Å². The number of nitrogens with one attached hydrogen (secondary N) is 1. The van der Waals surface area contributed by atoms with Crippen molar-refractivity contribution in [3.8, 4) is 16.9 Å². The third-order valence-corrected chi connectivity index (χ3v) is 4.31. The molecule has 0 aliphatic heterocycles. The van der Waals surface area contributed by atoms with E-state index in [1.165, 1.54) is 0 Å². The Morgan fingerprint density at radius 2 is 1.48 bits per heavy atom. The predicted octanol–water partition coefficient (Wildman–Crippen LogP) is 4.94. The first-order chi connectivity index (χ1) is 14.1. The molecule has 1 unspecified atom stereocenters. The van der Waals surface area contributed by atoms with E-state index in [9.17, 15) is 9.59 Å². The zero-order valence-corrected chi connectivity index (χ0v) is 16.4. The number of anilines is 1. The van der Waals surface area contributed by atoms with Crippen LogP contribution in [0.3, 0.4) is 0 Å². The van der Waals surface area contributed by atoms with Gasteiger partial charge in [0.25, 0.3) is 5.91 Å². The zero-order valence-electron chi connectivity index (χ0n) is 16.4. The molecule has 5 nitrogen and oxygen atoms in total. The van der Waals surface area contributed by atoms with Crippen molar-refractivity contribution >= 4 is 17.6 Å². The topological polar surface area (TPSA) is 64.6 Å². The summed E-state index contributed by atoms with van der Waals surface area (Å²) >= 11 is 0. The highest BCUT2D eigenvalue weighted by atomic mass is 16.5. The maximum absolute atomic E-state index is 12.4. The van der Waals surface area contributed by atoms with E-state index in [0.717, 1.165) is 16.9 Å². The largest absolute Gasteiger partial charge is 0.494 e. The zero-order chi connectivity index (χ0) is 20.6. The number of benzene rings is 3. The molecule has 0 aromatic heterocycles. The van der Waals surface area contributed by atoms with Gasteiger partial charge in [0, 0.05) is 5.69 Å². The normalized spacial score (nSPS) is 11.4. The molecule has 0 saturated carbocycles. The Balaban J connectivity index is 1.57. The Labute approximate surface area is 170 Å². The minimum atomic E-state index is -0.928. The van der Waals surface area contributed by atoms with Crippen molar-refractivity contribution in [2.24, 2.45) is 0 Å². The Morgan fingerprint density at radius 1 is 0.862 bits per heavy atom. The number of hydrogen-bond acceptors (Lipinski definition) is 4. The summed E-state index contributed by atoms with van der Waals surface area (Å²) in [6.07, 6.45) is -0.928. The van der Waals surface area contributed by atoms with Crippen LogP contribution in [0.5, 0.6) is 5.75 Å². The Kier molecular flexibility index (Phi) is 6.63. The maximum Gasteiger partial charge on any atom is 0.338 e. The van der Waals surface area contributed by atoms with E-state index in [2.05, 4.69) is 5.32 Å². The van der Waals surface area contributed by atoms with Crippen molar-refractivity contribution in [2.45, 2.75) is 20.0 Å². The molecule has 0 bridgehead atoms. The summed E-state index contributed by atoms with van der Waals surface area (Å²) in [7, 11) is 0. The van der Waals surface area contributed by atoms with Crippen molar-refractivity contribution in [1.29, 1.82) is 0 Å². The molecule has 3 aromatic rings. The van der Waals surface area contributed by atoms with E-state index in [-0.39, 0.29) is 0 Å². The van der Waals surface area contributed by atoms with Gasteiger partial charge in [-0.2, -0.15) is 0 Å². The summed E-state index contributed by atoms with van der Waals surface area (Å²) in [5, 5.41) is 2.73. The van der Waals surface area contributed by atoms with Crippen molar-refractivity contribution < 1.29 is 19.1 Å². The van der Waals surface area contributed by atoms with Crippen LogP contribution in [0, 0.1) is 0 Å². The second-order valence-electron chi connectivity index (χ2n) is 6.44. The second-order valence-corrected chi connectivity index (χ2v) is 6.44.